The fourth-order valence-electron chi connectivity index (χ4n) is 0.781. The number of alkyl halides is 3. The first-order chi connectivity index (χ1) is 6.16. The van der Waals surface area contributed by atoms with Crippen molar-refractivity contribution in [1.82, 2.24) is 5.32 Å². The van der Waals surface area contributed by atoms with Gasteiger partial charge in [-0.1, -0.05) is 0 Å². The second-order valence-electron chi connectivity index (χ2n) is 2.99. The number of hydrogen-bond donors (Lipinski definition) is 3. The van der Waals surface area contributed by atoms with Gasteiger partial charge in [0.05, 0.1) is 6.10 Å². The van der Waals surface area contributed by atoms with E-state index >= 15 is 0 Å². The number of aliphatic hydroxyl groups is 1. The summed E-state index contributed by atoms with van der Waals surface area (Å²) in [6.07, 6.45) is -5.92. The van der Waals surface area contributed by atoms with Gasteiger partial charge in [0, 0.05) is 0 Å². The summed E-state index contributed by atoms with van der Waals surface area (Å²) in [6.45, 7) is 1.90. The number of carbonyl (C=O) groups is 1. The van der Waals surface area contributed by atoms with E-state index in [2.05, 4.69) is 0 Å². The molecule has 0 radical (unpaired) electrons. The summed E-state index contributed by atoms with van der Waals surface area (Å²) >= 11 is 0. The van der Waals surface area contributed by atoms with Crippen LogP contribution in [-0.4, -0.2) is 40.5 Å². The second kappa shape index (κ2) is 6.14. The van der Waals surface area contributed by atoms with Crippen molar-refractivity contribution in [2.45, 2.75) is 38.2 Å². The molecule has 0 aliphatic carbocycles. The van der Waals surface area contributed by atoms with Crippen LogP contribution in [-0.2, 0) is 4.79 Å². The standard InChI is InChI=1S/C7H12F3NO3.ClH/c1-3(12)5(6(13)14)11-4(2)7(8,9)10;/h3-5,11-12H,1-2H3,(H,13,14);1H/t3-,4-,5+;/m1./s1. The first-order valence-corrected chi connectivity index (χ1v) is 3.90. The molecule has 3 atom stereocenters. The molecule has 8 heteroatoms. The minimum Gasteiger partial charge on any atom is -0.480 e. The summed E-state index contributed by atoms with van der Waals surface area (Å²) < 4.78 is 36.0. The fraction of sp³-hybridized carbons (Fsp3) is 0.857. The highest BCUT2D eigenvalue weighted by Crippen LogP contribution is 2.20. The molecule has 0 aromatic carbocycles. The van der Waals surface area contributed by atoms with Crippen LogP contribution in [0.3, 0.4) is 0 Å². The molecule has 0 saturated heterocycles. The maximum Gasteiger partial charge on any atom is 0.403 e. The van der Waals surface area contributed by atoms with E-state index in [1.807, 2.05) is 0 Å². The third kappa shape index (κ3) is 5.81. The van der Waals surface area contributed by atoms with Crippen LogP contribution in [0.1, 0.15) is 13.8 Å². The van der Waals surface area contributed by atoms with Crippen molar-refractivity contribution >= 4 is 18.4 Å². The molecule has 0 heterocycles. The lowest BCUT2D eigenvalue weighted by Crippen LogP contribution is -2.53. The van der Waals surface area contributed by atoms with E-state index < -0.39 is 30.3 Å². The van der Waals surface area contributed by atoms with Crippen molar-refractivity contribution < 1.29 is 28.2 Å². The van der Waals surface area contributed by atoms with E-state index in [1.165, 1.54) is 0 Å². The van der Waals surface area contributed by atoms with Gasteiger partial charge >= 0.3 is 12.1 Å². The Bertz CT molecular complexity index is 210. The summed E-state index contributed by atoms with van der Waals surface area (Å²) in [5, 5.41) is 19.1. The average molecular weight is 252 g/mol. The van der Waals surface area contributed by atoms with Gasteiger partial charge in [-0.15, -0.1) is 12.4 Å². The van der Waals surface area contributed by atoms with Crippen molar-refractivity contribution in [3.8, 4) is 0 Å². The molecule has 0 amide bonds. The maximum absolute atomic E-state index is 12.0. The van der Waals surface area contributed by atoms with Gasteiger partial charge in [-0.05, 0) is 13.8 Å². The van der Waals surface area contributed by atoms with E-state index in [4.69, 9.17) is 10.2 Å². The number of halogens is 4. The molecular formula is C7H13ClF3NO3. The fourth-order valence-corrected chi connectivity index (χ4v) is 0.781. The van der Waals surface area contributed by atoms with Crippen LogP contribution in [0.5, 0.6) is 0 Å². The normalized spacial score (nSPS) is 17.5. The minimum absolute atomic E-state index is 0. The quantitative estimate of drug-likeness (QED) is 0.691. The van der Waals surface area contributed by atoms with E-state index in [-0.39, 0.29) is 12.4 Å². The summed E-state index contributed by atoms with van der Waals surface area (Å²) in [6, 6.07) is -3.59. The number of carboxylic acid groups (broad SMARTS) is 1. The van der Waals surface area contributed by atoms with Crippen LogP contribution >= 0.6 is 12.4 Å². The Morgan fingerprint density at radius 1 is 1.33 bits per heavy atom. The van der Waals surface area contributed by atoms with Crippen molar-refractivity contribution in [1.29, 1.82) is 0 Å². The first-order valence-electron chi connectivity index (χ1n) is 3.90. The van der Waals surface area contributed by atoms with E-state index in [9.17, 15) is 18.0 Å². The van der Waals surface area contributed by atoms with Crippen molar-refractivity contribution in [3.63, 3.8) is 0 Å². The number of nitrogens with one attached hydrogen (secondary N) is 1. The number of aliphatic carboxylic acids is 1. The molecule has 0 aromatic rings. The first kappa shape index (κ1) is 16.9. The molecule has 0 bridgehead atoms. The molecule has 0 aliphatic rings. The Morgan fingerprint density at radius 3 is 1.93 bits per heavy atom. The molecule has 0 unspecified atom stereocenters. The monoisotopic (exact) mass is 251 g/mol. The largest absolute Gasteiger partial charge is 0.480 e. The molecule has 0 spiro atoms. The summed E-state index contributed by atoms with van der Waals surface area (Å²) in [5.74, 6) is -1.52. The highest BCUT2D eigenvalue weighted by molar-refractivity contribution is 5.85. The topological polar surface area (TPSA) is 69.6 Å². The van der Waals surface area contributed by atoms with Crippen LogP contribution in [0, 0.1) is 0 Å². The van der Waals surface area contributed by atoms with E-state index in [0.717, 1.165) is 13.8 Å². The van der Waals surface area contributed by atoms with Gasteiger partial charge in [0.25, 0.3) is 0 Å². The second-order valence-corrected chi connectivity index (χ2v) is 2.99. The van der Waals surface area contributed by atoms with E-state index in [1.54, 1.807) is 5.32 Å². The molecule has 0 rings (SSSR count). The van der Waals surface area contributed by atoms with Gasteiger partial charge in [-0.25, -0.2) is 0 Å². The number of aliphatic hydroxyl groups excluding tert-OH is 1. The zero-order valence-corrected chi connectivity index (χ0v) is 8.89. The molecule has 4 nitrogen and oxygen atoms in total. The Morgan fingerprint density at radius 2 is 1.73 bits per heavy atom. The maximum atomic E-state index is 12.0. The molecule has 0 saturated carbocycles. The van der Waals surface area contributed by atoms with E-state index in [0.29, 0.717) is 0 Å². The lowest BCUT2D eigenvalue weighted by atomic mass is 10.1. The third-order valence-electron chi connectivity index (χ3n) is 1.67. The van der Waals surface area contributed by atoms with Gasteiger partial charge in [0.2, 0.25) is 0 Å². The summed E-state index contributed by atoms with van der Waals surface area (Å²) in [5.41, 5.74) is 0. The molecular weight excluding hydrogens is 239 g/mol. The molecule has 15 heavy (non-hydrogen) atoms. The molecule has 0 aliphatic heterocycles. The summed E-state index contributed by atoms with van der Waals surface area (Å²) in [7, 11) is 0. The number of rotatable bonds is 4. The zero-order chi connectivity index (χ0) is 11.5. The van der Waals surface area contributed by atoms with Gasteiger partial charge in [-0.2, -0.15) is 13.2 Å². The Labute approximate surface area is 90.9 Å². The molecule has 0 aromatic heterocycles. The highest BCUT2D eigenvalue weighted by atomic mass is 35.5. The minimum atomic E-state index is -4.53. The van der Waals surface area contributed by atoms with Crippen LogP contribution in [0.4, 0.5) is 13.2 Å². The van der Waals surface area contributed by atoms with Crippen molar-refractivity contribution in [2.24, 2.45) is 0 Å². The number of hydrogen-bond acceptors (Lipinski definition) is 3. The van der Waals surface area contributed by atoms with Crippen LogP contribution in [0.25, 0.3) is 0 Å². The zero-order valence-electron chi connectivity index (χ0n) is 8.08. The summed E-state index contributed by atoms with van der Waals surface area (Å²) in [4.78, 5) is 10.4. The SMILES string of the molecule is C[C@@H](O)[C@H](N[C@H](C)C(F)(F)F)C(=O)O.Cl. The average Bonchev–Trinajstić information content (AvgIpc) is 1.96. The molecule has 92 valence electrons. The van der Waals surface area contributed by atoms with Gasteiger partial charge in [0.1, 0.15) is 12.1 Å². The Kier molecular flexibility index (Phi) is 6.91. The van der Waals surface area contributed by atoms with Crippen molar-refractivity contribution in [3.05, 3.63) is 0 Å². The Balaban J connectivity index is 0. The Hall–Kier alpha value is -0.530. The highest BCUT2D eigenvalue weighted by Gasteiger charge is 2.39. The predicted molar refractivity (Wildman–Crippen MR) is 49.0 cm³/mol. The smallest absolute Gasteiger partial charge is 0.403 e. The number of carboxylic acids is 1. The van der Waals surface area contributed by atoms with Gasteiger partial charge in [-0.3, -0.25) is 10.1 Å². The van der Waals surface area contributed by atoms with Gasteiger partial charge < -0.3 is 10.2 Å². The van der Waals surface area contributed by atoms with Crippen molar-refractivity contribution in [2.75, 3.05) is 0 Å². The lowest BCUT2D eigenvalue weighted by molar-refractivity contribution is -0.160. The van der Waals surface area contributed by atoms with Crippen LogP contribution < -0.4 is 5.32 Å². The van der Waals surface area contributed by atoms with Gasteiger partial charge in [0.15, 0.2) is 0 Å². The van der Waals surface area contributed by atoms with Crippen LogP contribution in [0.15, 0.2) is 0 Å². The third-order valence-corrected chi connectivity index (χ3v) is 1.67. The molecule has 3 N–H and O–H groups in total. The predicted octanol–water partition coefficient (Wildman–Crippen LogP) is 0.783. The van der Waals surface area contributed by atoms with Crippen LogP contribution in [0.2, 0.25) is 0 Å². The lowest BCUT2D eigenvalue weighted by Gasteiger charge is -2.23. The molecule has 0 fully saturated rings.